The van der Waals surface area contributed by atoms with E-state index in [1.807, 2.05) is 30.3 Å². The molecule has 126 valence electrons. The van der Waals surface area contributed by atoms with Crippen molar-refractivity contribution in [2.45, 2.75) is 39.5 Å². The third-order valence-electron chi connectivity index (χ3n) is 4.82. The fourth-order valence-corrected chi connectivity index (χ4v) is 3.46. The van der Waals surface area contributed by atoms with Crippen molar-refractivity contribution in [3.05, 3.63) is 65.0 Å². The lowest BCUT2D eigenvalue weighted by Gasteiger charge is -2.23. The van der Waals surface area contributed by atoms with Gasteiger partial charge in [-0.25, -0.2) is 0 Å². The molecule has 0 unspecified atom stereocenters. The summed E-state index contributed by atoms with van der Waals surface area (Å²) < 4.78 is 0. The van der Waals surface area contributed by atoms with Crippen molar-refractivity contribution in [2.24, 2.45) is 0 Å². The maximum absolute atomic E-state index is 12.7. The Hall–Kier alpha value is -2.29. The van der Waals surface area contributed by atoms with Crippen molar-refractivity contribution in [2.75, 3.05) is 13.1 Å². The molecule has 0 spiro atoms. The number of carbonyl (C=O) groups is 1. The van der Waals surface area contributed by atoms with Gasteiger partial charge >= 0.3 is 0 Å². The van der Waals surface area contributed by atoms with Crippen LogP contribution >= 0.6 is 0 Å². The van der Waals surface area contributed by atoms with Crippen molar-refractivity contribution in [1.29, 1.82) is 0 Å². The van der Waals surface area contributed by atoms with E-state index in [1.165, 1.54) is 24.1 Å². The Balaban J connectivity index is 1.98. The summed E-state index contributed by atoms with van der Waals surface area (Å²) in [6, 6.07) is 11.7. The zero-order valence-corrected chi connectivity index (χ0v) is 14.6. The minimum atomic E-state index is 0.0603. The zero-order valence-electron chi connectivity index (χ0n) is 14.6. The average molecular weight is 322 g/mol. The molecule has 0 aliphatic heterocycles. The number of aromatic nitrogens is 1. The van der Waals surface area contributed by atoms with Gasteiger partial charge in [0.2, 0.25) is 0 Å². The number of nitrogens with zero attached hydrogens (tertiary/aromatic N) is 1. The van der Waals surface area contributed by atoms with Crippen LogP contribution in [0.25, 0.3) is 5.70 Å². The van der Waals surface area contributed by atoms with E-state index in [2.05, 4.69) is 29.8 Å². The predicted molar refractivity (Wildman–Crippen MR) is 99.1 cm³/mol. The first-order chi connectivity index (χ1) is 11.7. The Labute approximate surface area is 144 Å². The first-order valence-electron chi connectivity index (χ1n) is 9.00. The largest absolute Gasteiger partial charge is 0.370 e. The van der Waals surface area contributed by atoms with E-state index in [1.54, 1.807) is 6.08 Å². The highest BCUT2D eigenvalue weighted by Gasteiger charge is 2.18. The predicted octanol–water partition coefficient (Wildman–Crippen LogP) is 4.46. The fourth-order valence-electron chi connectivity index (χ4n) is 3.46. The molecule has 24 heavy (non-hydrogen) atoms. The van der Waals surface area contributed by atoms with Crippen molar-refractivity contribution in [3.8, 4) is 0 Å². The number of rotatable bonds is 6. The lowest BCUT2D eigenvalue weighted by atomic mass is 9.98. The highest BCUT2D eigenvalue weighted by Crippen LogP contribution is 2.27. The van der Waals surface area contributed by atoms with Gasteiger partial charge in [-0.15, -0.1) is 0 Å². The Morgan fingerprint density at radius 1 is 1.12 bits per heavy atom. The summed E-state index contributed by atoms with van der Waals surface area (Å²) >= 11 is 0. The van der Waals surface area contributed by atoms with Gasteiger partial charge in [0.25, 0.3) is 0 Å². The minimum Gasteiger partial charge on any atom is -0.370 e. The third kappa shape index (κ3) is 3.45. The standard InChI is InChI=1S/C21H26N2O/c1-3-23(4-2)20(15-21(24)16-10-6-5-7-11-16)19-14-17-12-8-9-13-18(17)22-19/h5-7,10-11,14-15,22H,3-4,8-9,12-13H2,1-2H3/b20-15+. The van der Waals surface area contributed by atoms with Crippen LogP contribution in [0.3, 0.4) is 0 Å². The molecule has 3 heteroatoms. The number of hydrogen-bond donors (Lipinski definition) is 1. The molecule has 3 rings (SSSR count). The smallest absolute Gasteiger partial charge is 0.187 e. The van der Waals surface area contributed by atoms with Gasteiger partial charge in [0.1, 0.15) is 0 Å². The molecule has 0 saturated heterocycles. The summed E-state index contributed by atoms with van der Waals surface area (Å²) in [5.74, 6) is 0.0603. The lowest BCUT2D eigenvalue weighted by Crippen LogP contribution is -2.22. The summed E-state index contributed by atoms with van der Waals surface area (Å²) in [7, 11) is 0. The number of ketones is 1. The summed E-state index contributed by atoms with van der Waals surface area (Å²) in [4.78, 5) is 18.5. The van der Waals surface area contributed by atoms with Gasteiger partial charge in [-0.2, -0.15) is 0 Å². The van der Waals surface area contributed by atoms with Crippen LogP contribution in [0.2, 0.25) is 0 Å². The molecule has 1 aliphatic carbocycles. The molecule has 1 N–H and O–H groups in total. The maximum Gasteiger partial charge on any atom is 0.187 e. The molecular weight excluding hydrogens is 296 g/mol. The van der Waals surface area contributed by atoms with Crippen molar-refractivity contribution in [1.82, 2.24) is 9.88 Å². The van der Waals surface area contributed by atoms with E-state index >= 15 is 0 Å². The Kier molecular flexibility index (Phi) is 5.19. The van der Waals surface area contributed by atoms with E-state index in [-0.39, 0.29) is 5.78 Å². The Morgan fingerprint density at radius 2 is 1.83 bits per heavy atom. The van der Waals surface area contributed by atoms with Crippen molar-refractivity contribution >= 4 is 11.5 Å². The molecule has 3 nitrogen and oxygen atoms in total. The number of nitrogens with one attached hydrogen (secondary N) is 1. The summed E-state index contributed by atoms with van der Waals surface area (Å²) in [6.07, 6.45) is 6.56. The number of allylic oxidation sites excluding steroid dienone is 1. The number of benzene rings is 1. The van der Waals surface area contributed by atoms with Gasteiger partial charge in [-0.1, -0.05) is 30.3 Å². The van der Waals surface area contributed by atoms with Gasteiger partial charge in [0.05, 0.1) is 11.4 Å². The zero-order chi connectivity index (χ0) is 16.9. The minimum absolute atomic E-state index is 0.0603. The second-order valence-electron chi connectivity index (χ2n) is 6.33. The van der Waals surface area contributed by atoms with E-state index in [0.717, 1.165) is 42.9 Å². The highest BCUT2D eigenvalue weighted by molar-refractivity contribution is 6.08. The SMILES string of the molecule is CCN(CC)/C(=C/C(=O)c1ccccc1)c1cc2c([nH]1)CCCC2. The van der Waals surface area contributed by atoms with Crippen LogP contribution in [0, 0.1) is 0 Å². The molecule has 1 heterocycles. The molecule has 0 fully saturated rings. The van der Waals surface area contributed by atoms with Crippen LogP contribution in [0.5, 0.6) is 0 Å². The molecular formula is C21H26N2O. The van der Waals surface area contributed by atoms with Gasteiger partial charge in [-0.3, -0.25) is 4.79 Å². The van der Waals surface area contributed by atoms with Crippen LogP contribution in [-0.4, -0.2) is 28.8 Å². The number of aryl methyl sites for hydroxylation is 2. The quantitative estimate of drug-likeness (QED) is 0.629. The molecule has 0 atom stereocenters. The topological polar surface area (TPSA) is 36.1 Å². The average Bonchev–Trinajstić information content (AvgIpc) is 3.06. The van der Waals surface area contributed by atoms with Crippen molar-refractivity contribution < 1.29 is 4.79 Å². The number of H-pyrrole nitrogens is 1. The van der Waals surface area contributed by atoms with Crippen LogP contribution in [0.15, 0.2) is 42.5 Å². The number of hydrogen-bond acceptors (Lipinski definition) is 2. The van der Waals surface area contributed by atoms with Crippen LogP contribution in [0.4, 0.5) is 0 Å². The maximum atomic E-state index is 12.7. The van der Waals surface area contributed by atoms with E-state index in [0.29, 0.717) is 0 Å². The van der Waals surface area contributed by atoms with Gasteiger partial charge in [0.15, 0.2) is 5.78 Å². The van der Waals surface area contributed by atoms with Crippen LogP contribution in [-0.2, 0) is 12.8 Å². The Morgan fingerprint density at radius 3 is 2.50 bits per heavy atom. The van der Waals surface area contributed by atoms with Gasteiger partial charge in [-0.05, 0) is 51.2 Å². The van der Waals surface area contributed by atoms with Crippen molar-refractivity contribution in [3.63, 3.8) is 0 Å². The molecule has 1 aromatic heterocycles. The molecule has 2 aromatic rings. The molecule has 0 amide bonds. The van der Waals surface area contributed by atoms with Gasteiger partial charge in [0, 0.05) is 30.4 Å². The molecule has 0 saturated carbocycles. The Bertz CT molecular complexity index is 700. The van der Waals surface area contributed by atoms with E-state index in [4.69, 9.17) is 0 Å². The fraction of sp³-hybridized carbons (Fsp3) is 0.381. The summed E-state index contributed by atoms with van der Waals surface area (Å²) in [6.45, 7) is 6.03. The number of fused-ring (bicyclic) bond motifs is 1. The van der Waals surface area contributed by atoms with Crippen LogP contribution in [0.1, 0.15) is 54.0 Å². The number of aromatic amines is 1. The summed E-state index contributed by atoms with van der Waals surface area (Å²) in [5.41, 5.74) is 5.58. The monoisotopic (exact) mass is 322 g/mol. The first-order valence-corrected chi connectivity index (χ1v) is 9.00. The molecule has 0 radical (unpaired) electrons. The second-order valence-corrected chi connectivity index (χ2v) is 6.33. The molecule has 1 aliphatic rings. The summed E-state index contributed by atoms with van der Waals surface area (Å²) in [5, 5.41) is 0. The highest BCUT2D eigenvalue weighted by atomic mass is 16.1. The lowest BCUT2D eigenvalue weighted by molar-refractivity contribution is 0.104. The molecule has 0 bridgehead atoms. The third-order valence-corrected chi connectivity index (χ3v) is 4.82. The van der Waals surface area contributed by atoms with E-state index < -0.39 is 0 Å². The number of carbonyl (C=O) groups excluding carboxylic acids is 1. The van der Waals surface area contributed by atoms with E-state index in [9.17, 15) is 4.79 Å². The normalized spacial score (nSPS) is 14.3. The second kappa shape index (κ2) is 7.52. The molecule has 1 aromatic carbocycles. The first kappa shape index (κ1) is 16.6. The van der Waals surface area contributed by atoms with Gasteiger partial charge < -0.3 is 9.88 Å². The van der Waals surface area contributed by atoms with Crippen LogP contribution < -0.4 is 0 Å².